The van der Waals surface area contributed by atoms with Crippen LogP contribution in [0.3, 0.4) is 0 Å². The average molecular weight is 279 g/mol. The van der Waals surface area contributed by atoms with Crippen LogP contribution >= 0.6 is 0 Å². The molecule has 0 saturated heterocycles. The highest BCUT2D eigenvalue weighted by molar-refractivity contribution is 6.04. The Balaban J connectivity index is 2.23. The highest BCUT2D eigenvalue weighted by atomic mass is 19.1. The molecule has 0 aliphatic heterocycles. The molecule has 0 atom stereocenters. The molecule has 2 rings (SSSR count). The minimum atomic E-state index is -0.788. The molecule has 2 aromatic rings. The summed E-state index contributed by atoms with van der Waals surface area (Å²) >= 11 is 0. The number of phenols is 1. The van der Waals surface area contributed by atoms with Gasteiger partial charge in [-0.05, 0) is 30.3 Å². The molecule has 6 heteroatoms. The lowest BCUT2D eigenvalue weighted by molar-refractivity contribution is 0.102. The number of carbonyl (C=O) groups is 1. The molecule has 1 amide bonds. The Kier molecular flexibility index (Phi) is 3.84. The molecule has 0 fully saturated rings. The summed E-state index contributed by atoms with van der Waals surface area (Å²) in [6, 6.07) is 6.68. The summed E-state index contributed by atoms with van der Waals surface area (Å²) in [5, 5.41) is 11.8. The molecule has 0 radical (unpaired) electrons. The van der Waals surface area contributed by atoms with Crippen LogP contribution in [0.1, 0.15) is 10.4 Å². The summed E-state index contributed by atoms with van der Waals surface area (Å²) in [6.45, 7) is 0. The molecule has 0 saturated carbocycles. The van der Waals surface area contributed by atoms with Crippen LogP contribution in [0.5, 0.6) is 11.5 Å². The zero-order valence-electron chi connectivity index (χ0n) is 10.5. The van der Waals surface area contributed by atoms with Crippen molar-refractivity contribution in [3.05, 3.63) is 53.6 Å². The Labute approximate surface area is 113 Å². The van der Waals surface area contributed by atoms with Crippen LogP contribution in [0.15, 0.2) is 36.4 Å². The van der Waals surface area contributed by atoms with E-state index in [-0.39, 0.29) is 22.7 Å². The number of carbonyl (C=O) groups excluding carboxylic acids is 1. The second-order valence-corrected chi connectivity index (χ2v) is 4.00. The fourth-order valence-corrected chi connectivity index (χ4v) is 1.65. The summed E-state index contributed by atoms with van der Waals surface area (Å²) in [4.78, 5) is 11.9. The van der Waals surface area contributed by atoms with Crippen LogP contribution in [0.4, 0.5) is 14.5 Å². The van der Waals surface area contributed by atoms with Crippen molar-refractivity contribution in [1.29, 1.82) is 0 Å². The number of aromatic hydroxyl groups is 1. The van der Waals surface area contributed by atoms with Crippen molar-refractivity contribution >= 4 is 11.6 Å². The number of benzene rings is 2. The molecule has 0 aromatic heterocycles. The average Bonchev–Trinajstić information content (AvgIpc) is 2.37. The maximum atomic E-state index is 13.0. The summed E-state index contributed by atoms with van der Waals surface area (Å²) in [7, 11) is 1.35. The summed E-state index contributed by atoms with van der Waals surface area (Å²) in [5.41, 5.74) is 0.184. The number of halogens is 2. The Morgan fingerprint density at radius 2 is 1.80 bits per heavy atom. The molecule has 20 heavy (non-hydrogen) atoms. The normalized spacial score (nSPS) is 10.2. The molecular formula is C14H11F2NO3. The van der Waals surface area contributed by atoms with E-state index in [0.29, 0.717) is 6.07 Å². The molecule has 4 nitrogen and oxygen atoms in total. The van der Waals surface area contributed by atoms with E-state index in [2.05, 4.69) is 5.32 Å². The van der Waals surface area contributed by atoms with Crippen LogP contribution in [0.25, 0.3) is 0 Å². The van der Waals surface area contributed by atoms with E-state index in [1.165, 1.54) is 25.3 Å². The highest BCUT2D eigenvalue weighted by Crippen LogP contribution is 2.26. The Bertz CT molecular complexity index is 639. The topological polar surface area (TPSA) is 58.6 Å². The van der Waals surface area contributed by atoms with Crippen molar-refractivity contribution in [2.24, 2.45) is 0 Å². The van der Waals surface area contributed by atoms with E-state index >= 15 is 0 Å². The smallest absolute Gasteiger partial charge is 0.255 e. The van der Waals surface area contributed by atoms with Crippen LogP contribution in [-0.2, 0) is 0 Å². The number of hydrogen-bond donors (Lipinski definition) is 2. The third-order valence-corrected chi connectivity index (χ3v) is 2.56. The lowest BCUT2D eigenvalue weighted by atomic mass is 10.2. The minimum absolute atomic E-state index is 0.000424. The zero-order valence-corrected chi connectivity index (χ0v) is 10.5. The molecule has 0 aliphatic carbocycles. The number of anilines is 1. The maximum absolute atomic E-state index is 13.0. The van der Waals surface area contributed by atoms with Gasteiger partial charge in [0.05, 0.1) is 7.11 Å². The summed E-state index contributed by atoms with van der Waals surface area (Å²) in [5.74, 6) is -2.13. The zero-order chi connectivity index (χ0) is 14.7. The van der Waals surface area contributed by atoms with Crippen molar-refractivity contribution < 1.29 is 23.4 Å². The first-order chi connectivity index (χ1) is 9.49. The van der Waals surface area contributed by atoms with Crippen molar-refractivity contribution in [2.75, 3.05) is 12.4 Å². The van der Waals surface area contributed by atoms with Crippen molar-refractivity contribution in [3.8, 4) is 11.5 Å². The summed E-state index contributed by atoms with van der Waals surface area (Å²) < 4.78 is 30.9. The quantitative estimate of drug-likeness (QED) is 0.908. The van der Waals surface area contributed by atoms with E-state index in [1.54, 1.807) is 0 Å². The van der Waals surface area contributed by atoms with Crippen molar-refractivity contribution in [1.82, 2.24) is 0 Å². The molecule has 0 heterocycles. The largest absolute Gasteiger partial charge is 0.504 e. The third kappa shape index (κ3) is 3.03. The number of amides is 1. The molecule has 2 aromatic carbocycles. The molecule has 0 bridgehead atoms. The Morgan fingerprint density at radius 3 is 2.40 bits per heavy atom. The lowest BCUT2D eigenvalue weighted by Crippen LogP contribution is -2.12. The van der Waals surface area contributed by atoms with Gasteiger partial charge in [0.2, 0.25) is 0 Å². The molecule has 0 spiro atoms. The fourth-order valence-electron chi connectivity index (χ4n) is 1.65. The highest BCUT2D eigenvalue weighted by Gasteiger charge is 2.11. The standard InChI is InChI=1S/C14H11F2NO3/c1-20-13-4-8(2-3-12(13)18)14(19)17-11-6-9(15)5-10(16)7-11/h2-7,18H,1H3,(H,17,19). The van der Waals surface area contributed by atoms with Crippen molar-refractivity contribution in [3.63, 3.8) is 0 Å². The van der Waals surface area contributed by atoms with Gasteiger partial charge in [-0.3, -0.25) is 4.79 Å². The van der Waals surface area contributed by atoms with Gasteiger partial charge in [0.1, 0.15) is 11.6 Å². The van der Waals surface area contributed by atoms with Crippen LogP contribution in [0, 0.1) is 11.6 Å². The molecular weight excluding hydrogens is 268 g/mol. The fraction of sp³-hybridized carbons (Fsp3) is 0.0714. The van der Waals surface area contributed by atoms with Gasteiger partial charge < -0.3 is 15.2 Å². The lowest BCUT2D eigenvalue weighted by Gasteiger charge is -2.08. The van der Waals surface area contributed by atoms with Gasteiger partial charge in [0, 0.05) is 17.3 Å². The second kappa shape index (κ2) is 5.56. The van der Waals surface area contributed by atoms with E-state index < -0.39 is 17.5 Å². The van der Waals surface area contributed by atoms with E-state index in [4.69, 9.17) is 4.74 Å². The van der Waals surface area contributed by atoms with Crippen LogP contribution in [0.2, 0.25) is 0 Å². The van der Waals surface area contributed by atoms with Gasteiger partial charge in [-0.2, -0.15) is 0 Å². The first-order valence-electron chi connectivity index (χ1n) is 5.64. The number of nitrogens with one attached hydrogen (secondary N) is 1. The number of rotatable bonds is 3. The van der Waals surface area contributed by atoms with Gasteiger partial charge in [0.15, 0.2) is 11.5 Å². The van der Waals surface area contributed by atoms with Gasteiger partial charge in [0.25, 0.3) is 5.91 Å². The number of ether oxygens (including phenoxy) is 1. The summed E-state index contributed by atoms with van der Waals surface area (Å²) in [6.07, 6.45) is 0. The Hall–Kier alpha value is -2.63. The van der Waals surface area contributed by atoms with E-state index in [0.717, 1.165) is 12.1 Å². The van der Waals surface area contributed by atoms with Crippen LogP contribution in [-0.4, -0.2) is 18.1 Å². The van der Waals surface area contributed by atoms with Gasteiger partial charge in [-0.25, -0.2) is 8.78 Å². The monoisotopic (exact) mass is 279 g/mol. The first-order valence-corrected chi connectivity index (χ1v) is 5.64. The Morgan fingerprint density at radius 1 is 1.15 bits per heavy atom. The predicted octanol–water partition coefficient (Wildman–Crippen LogP) is 2.93. The van der Waals surface area contributed by atoms with E-state index in [1.807, 2.05) is 0 Å². The maximum Gasteiger partial charge on any atom is 0.255 e. The number of hydrogen-bond acceptors (Lipinski definition) is 3. The number of phenolic OH excluding ortho intramolecular Hbond substituents is 1. The third-order valence-electron chi connectivity index (χ3n) is 2.56. The first kappa shape index (κ1) is 13.8. The molecule has 0 aliphatic rings. The second-order valence-electron chi connectivity index (χ2n) is 4.00. The van der Waals surface area contributed by atoms with Gasteiger partial charge >= 0.3 is 0 Å². The van der Waals surface area contributed by atoms with Gasteiger partial charge in [-0.1, -0.05) is 0 Å². The predicted molar refractivity (Wildman–Crippen MR) is 69.0 cm³/mol. The van der Waals surface area contributed by atoms with Gasteiger partial charge in [-0.15, -0.1) is 0 Å². The number of methoxy groups -OCH3 is 1. The minimum Gasteiger partial charge on any atom is -0.504 e. The van der Waals surface area contributed by atoms with E-state index in [9.17, 15) is 18.7 Å². The van der Waals surface area contributed by atoms with Crippen LogP contribution < -0.4 is 10.1 Å². The van der Waals surface area contributed by atoms with Crippen molar-refractivity contribution in [2.45, 2.75) is 0 Å². The molecule has 2 N–H and O–H groups in total. The SMILES string of the molecule is COc1cc(C(=O)Nc2cc(F)cc(F)c2)ccc1O. The molecule has 104 valence electrons. The molecule has 0 unspecified atom stereocenters.